The molecule has 0 radical (unpaired) electrons. The molecular formula is C20H15Cl2N3O2S. The monoisotopic (exact) mass is 431 g/mol. The summed E-state index contributed by atoms with van der Waals surface area (Å²) in [4.78, 5) is 26.4. The molecule has 0 bridgehead atoms. The van der Waals surface area contributed by atoms with Crippen molar-refractivity contribution in [3.8, 4) is 6.07 Å². The fourth-order valence-electron chi connectivity index (χ4n) is 2.90. The molecule has 2 N–H and O–H groups in total. The molecule has 1 saturated heterocycles. The lowest BCUT2D eigenvalue weighted by Crippen LogP contribution is -2.31. The van der Waals surface area contributed by atoms with Gasteiger partial charge in [-0.1, -0.05) is 47.1 Å². The predicted molar refractivity (Wildman–Crippen MR) is 112 cm³/mol. The number of benzene rings is 2. The van der Waals surface area contributed by atoms with E-state index in [-0.39, 0.29) is 16.5 Å². The molecule has 2 amide bonds. The molecule has 8 heteroatoms. The highest BCUT2D eigenvalue weighted by molar-refractivity contribution is 8.05. The number of rotatable bonds is 4. The van der Waals surface area contributed by atoms with Gasteiger partial charge in [0.1, 0.15) is 16.7 Å². The van der Waals surface area contributed by atoms with E-state index in [2.05, 4.69) is 0 Å². The number of nitriles is 1. The van der Waals surface area contributed by atoms with Gasteiger partial charge >= 0.3 is 0 Å². The summed E-state index contributed by atoms with van der Waals surface area (Å²) in [7, 11) is 0. The molecular weight excluding hydrogens is 417 g/mol. The Morgan fingerprint density at radius 3 is 2.68 bits per heavy atom. The maximum absolute atomic E-state index is 13.2. The van der Waals surface area contributed by atoms with Gasteiger partial charge in [0.05, 0.1) is 5.25 Å². The Hall–Kier alpha value is -2.46. The number of nitrogens with zero attached hydrogens (tertiary/aromatic N) is 2. The quantitative estimate of drug-likeness (QED) is 0.579. The zero-order valence-electron chi connectivity index (χ0n) is 14.8. The lowest BCUT2D eigenvalue weighted by Gasteiger charge is -2.18. The maximum Gasteiger partial charge on any atom is 0.262 e. The van der Waals surface area contributed by atoms with Gasteiger partial charge in [0.2, 0.25) is 5.91 Å². The number of hydrogen-bond donors (Lipinski definition) is 1. The van der Waals surface area contributed by atoms with Crippen LogP contribution in [-0.4, -0.2) is 17.1 Å². The summed E-state index contributed by atoms with van der Waals surface area (Å²) in [5.41, 5.74) is 7.35. The van der Waals surface area contributed by atoms with Crippen molar-refractivity contribution in [1.82, 2.24) is 0 Å². The van der Waals surface area contributed by atoms with Crippen molar-refractivity contribution in [3.63, 3.8) is 0 Å². The van der Waals surface area contributed by atoms with Crippen molar-refractivity contribution in [2.45, 2.75) is 18.6 Å². The number of halogens is 2. The number of amides is 2. The minimum Gasteiger partial charge on any atom is -0.365 e. The molecule has 3 rings (SSSR count). The van der Waals surface area contributed by atoms with E-state index in [0.29, 0.717) is 27.7 Å². The minimum absolute atomic E-state index is 0.230. The van der Waals surface area contributed by atoms with Gasteiger partial charge in [-0.25, -0.2) is 0 Å². The molecule has 0 aromatic heterocycles. The Morgan fingerprint density at radius 2 is 2.04 bits per heavy atom. The van der Waals surface area contributed by atoms with Crippen LogP contribution in [0.2, 0.25) is 10.0 Å². The van der Waals surface area contributed by atoms with Crippen LogP contribution in [0.5, 0.6) is 0 Å². The van der Waals surface area contributed by atoms with Crippen LogP contribution in [0.15, 0.2) is 53.1 Å². The number of hydrogen-bond acceptors (Lipinski definition) is 4. The van der Waals surface area contributed by atoms with Gasteiger partial charge in [-0.2, -0.15) is 5.26 Å². The van der Waals surface area contributed by atoms with Gasteiger partial charge < -0.3 is 5.73 Å². The van der Waals surface area contributed by atoms with Crippen LogP contribution in [0.3, 0.4) is 0 Å². The van der Waals surface area contributed by atoms with E-state index in [0.717, 1.165) is 17.3 Å². The topological polar surface area (TPSA) is 87.2 Å². The summed E-state index contributed by atoms with van der Waals surface area (Å²) < 4.78 is 0. The zero-order chi connectivity index (χ0) is 20.4. The number of carbonyl (C=O) groups is 2. The van der Waals surface area contributed by atoms with Crippen molar-refractivity contribution in [3.05, 3.63) is 74.2 Å². The summed E-state index contributed by atoms with van der Waals surface area (Å²) in [5.74, 6) is -1.13. The minimum atomic E-state index is -0.878. The number of anilines is 1. The number of primary amides is 1. The molecule has 1 atom stereocenters. The summed E-state index contributed by atoms with van der Waals surface area (Å²) in [5, 5.41) is 10.1. The van der Waals surface area contributed by atoms with Crippen LogP contribution in [0.25, 0.3) is 0 Å². The fraction of sp³-hybridized carbons (Fsp3) is 0.150. The molecule has 28 heavy (non-hydrogen) atoms. The van der Waals surface area contributed by atoms with E-state index in [1.165, 1.54) is 4.90 Å². The SMILES string of the molecule is Cc1cccc(N2C(=O)C(Cc3cc(Cl)ccc3Cl)S/C2=C(/C#N)C(N)=O)c1. The molecule has 2 aromatic carbocycles. The summed E-state index contributed by atoms with van der Waals surface area (Å²) in [6.07, 6.45) is 0.298. The average Bonchev–Trinajstić information content (AvgIpc) is 2.94. The van der Waals surface area contributed by atoms with Crippen LogP contribution in [0, 0.1) is 18.3 Å². The third-order valence-electron chi connectivity index (χ3n) is 4.20. The largest absolute Gasteiger partial charge is 0.365 e. The first kappa shape index (κ1) is 20.3. The highest BCUT2D eigenvalue weighted by Gasteiger charge is 2.40. The van der Waals surface area contributed by atoms with E-state index in [1.54, 1.807) is 30.3 Å². The first-order valence-electron chi connectivity index (χ1n) is 8.27. The summed E-state index contributed by atoms with van der Waals surface area (Å²) in [6, 6.07) is 14.1. The van der Waals surface area contributed by atoms with Crippen LogP contribution >= 0.6 is 35.0 Å². The summed E-state index contributed by atoms with van der Waals surface area (Å²) in [6.45, 7) is 1.89. The van der Waals surface area contributed by atoms with Crippen molar-refractivity contribution >= 4 is 52.5 Å². The van der Waals surface area contributed by atoms with E-state index in [4.69, 9.17) is 28.9 Å². The zero-order valence-corrected chi connectivity index (χ0v) is 17.1. The molecule has 0 saturated carbocycles. The first-order chi connectivity index (χ1) is 13.3. The van der Waals surface area contributed by atoms with Gasteiger partial charge in [-0.15, -0.1) is 0 Å². The van der Waals surface area contributed by atoms with E-state index >= 15 is 0 Å². The second kappa shape index (κ2) is 8.27. The third-order valence-corrected chi connectivity index (χ3v) is 6.06. The van der Waals surface area contributed by atoms with Crippen LogP contribution in [0.1, 0.15) is 11.1 Å². The van der Waals surface area contributed by atoms with Crippen molar-refractivity contribution < 1.29 is 9.59 Å². The smallest absolute Gasteiger partial charge is 0.262 e. The average molecular weight is 432 g/mol. The fourth-order valence-corrected chi connectivity index (χ4v) is 4.59. The Kier molecular flexibility index (Phi) is 5.99. The van der Waals surface area contributed by atoms with E-state index in [1.807, 2.05) is 25.1 Å². The Morgan fingerprint density at radius 1 is 1.29 bits per heavy atom. The third kappa shape index (κ3) is 4.02. The van der Waals surface area contributed by atoms with Crippen molar-refractivity contribution in [2.75, 3.05) is 4.90 Å². The molecule has 5 nitrogen and oxygen atoms in total. The Labute approximate surface area is 176 Å². The molecule has 1 heterocycles. The lowest BCUT2D eigenvalue weighted by molar-refractivity contribution is -0.117. The molecule has 1 unspecified atom stereocenters. The number of carbonyl (C=O) groups excluding carboxylic acids is 2. The van der Waals surface area contributed by atoms with Crippen LogP contribution in [0.4, 0.5) is 5.69 Å². The van der Waals surface area contributed by atoms with Gasteiger partial charge in [0, 0.05) is 15.7 Å². The number of nitrogens with two attached hydrogens (primary N) is 1. The lowest BCUT2D eigenvalue weighted by atomic mass is 10.1. The van der Waals surface area contributed by atoms with Gasteiger partial charge in [0.25, 0.3) is 5.91 Å². The van der Waals surface area contributed by atoms with Crippen molar-refractivity contribution in [1.29, 1.82) is 5.26 Å². The van der Waals surface area contributed by atoms with E-state index in [9.17, 15) is 14.9 Å². The number of thioether (sulfide) groups is 1. The highest BCUT2D eigenvalue weighted by atomic mass is 35.5. The van der Waals surface area contributed by atoms with Gasteiger partial charge in [-0.3, -0.25) is 14.5 Å². The molecule has 2 aromatic rings. The summed E-state index contributed by atoms with van der Waals surface area (Å²) >= 11 is 13.4. The Balaban J connectivity index is 2.07. The molecule has 142 valence electrons. The number of aryl methyl sites for hydroxylation is 1. The standard InChI is InChI=1S/C20H15Cl2N3O2S/c1-11-3-2-4-14(7-11)25-19(27)17(28-20(25)15(10-23)18(24)26)9-12-8-13(21)5-6-16(12)22/h2-8,17H,9H2,1H3,(H2,24,26)/b20-15-. The second-order valence-corrected chi connectivity index (χ2v) is 8.25. The van der Waals surface area contributed by atoms with E-state index < -0.39 is 11.2 Å². The predicted octanol–water partition coefficient (Wildman–Crippen LogP) is 4.21. The molecule has 1 aliphatic heterocycles. The van der Waals surface area contributed by atoms with Crippen LogP contribution in [-0.2, 0) is 16.0 Å². The molecule has 1 fully saturated rings. The molecule has 0 spiro atoms. The van der Waals surface area contributed by atoms with Gasteiger partial charge in [0.15, 0.2) is 0 Å². The van der Waals surface area contributed by atoms with Crippen LogP contribution < -0.4 is 10.6 Å². The normalized spacial score (nSPS) is 18.1. The maximum atomic E-state index is 13.2. The molecule has 1 aliphatic rings. The second-order valence-electron chi connectivity index (χ2n) is 6.22. The Bertz CT molecular complexity index is 1050. The van der Waals surface area contributed by atoms with Gasteiger partial charge in [-0.05, 0) is 54.8 Å². The van der Waals surface area contributed by atoms with Crippen molar-refractivity contribution in [2.24, 2.45) is 5.73 Å². The first-order valence-corrected chi connectivity index (χ1v) is 9.90. The molecule has 0 aliphatic carbocycles. The highest BCUT2D eigenvalue weighted by Crippen LogP contribution is 2.42.